The van der Waals surface area contributed by atoms with Gasteiger partial charge in [0.2, 0.25) is 5.91 Å². The van der Waals surface area contributed by atoms with Crippen molar-refractivity contribution in [3.05, 3.63) is 0 Å². The van der Waals surface area contributed by atoms with Crippen molar-refractivity contribution < 1.29 is 4.79 Å². The molecule has 2 atom stereocenters. The number of nitrogens with zero attached hydrogens (tertiary/aromatic N) is 1. The van der Waals surface area contributed by atoms with Crippen molar-refractivity contribution in [1.82, 2.24) is 15.5 Å². The highest BCUT2D eigenvalue weighted by Crippen LogP contribution is 2.17. The van der Waals surface area contributed by atoms with E-state index in [2.05, 4.69) is 29.4 Å². The number of amides is 1. The van der Waals surface area contributed by atoms with Crippen molar-refractivity contribution in [2.45, 2.75) is 64.5 Å². The highest BCUT2D eigenvalue weighted by atomic mass is 16.2. The Morgan fingerprint density at radius 2 is 1.95 bits per heavy atom. The molecule has 2 rings (SSSR count). The average molecular weight is 281 g/mol. The first-order valence-corrected chi connectivity index (χ1v) is 8.43. The van der Waals surface area contributed by atoms with Gasteiger partial charge in [-0.1, -0.05) is 26.7 Å². The molecular formula is C16H31N3O. The van der Waals surface area contributed by atoms with Gasteiger partial charge in [0.25, 0.3) is 0 Å². The molecule has 2 saturated heterocycles. The predicted molar refractivity (Wildman–Crippen MR) is 82.7 cm³/mol. The molecule has 4 nitrogen and oxygen atoms in total. The molecule has 0 saturated carbocycles. The minimum Gasteiger partial charge on any atom is -0.353 e. The Balaban J connectivity index is 1.80. The lowest BCUT2D eigenvalue weighted by Crippen LogP contribution is -2.50. The molecule has 0 spiro atoms. The van der Waals surface area contributed by atoms with E-state index >= 15 is 0 Å². The fourth-order valence-corrected chi connectivity index (χ4v) is 3.44. The number of carbonyl (C=O) groups excluding carboxylic acids is 1. The maximum Gasteiger partial charge on any atom is 0.237 e. The van der Waals surface area contributed by atoms with E-state index in [4.69, 9.17) is 0 Å². The minimum atomic E-state index is 0.0314. The zero-order valence-electron chi connectivity index (χ0n) is 13.2. The van der Waals surface area contributed by atoms with E-state index in [9.17, 15) is 4.79 Å². The lowest BCUT2D eigenvalue weighted by atomic mass is 10.0. The van der Waals surface area contributed by atoms with Gasteiger partial charge in [-0.15, -0.1) is 0 Å². The van der Waals surface area contributed by atoms with E-state index in [1.165, 1.54) is 45.2 Å². The van der Waals surface area contributed by atoms with Crippen LogP contribution in [0.25, 0.3) is 0 Å². The summed E-state index contributed by atoms with van der Waals surface area (Å²) in [5.41, 5.74) is 0. The number of nitrogens with one attached hydrogen (secondary N) is 2. The number of hydrogen-bond donors (Lipinski definition) is 2. The molecule has 2 unspecified atom stereocenters. The Hall–Kier alpha value is -0.610. The Bertz CT molecular complexity index is 292. The van der Waals surface area contributed by atoms with Crippen molar-refractivity contribution in [2.24, 2.45) is 5.92 Å². The first kappa shape index (κ1) is 15.8. The van der Waals surface area contributed by atoms with Gasteiger partial charge in [0.15, 0.2) is 0 Å². The van der Waals surface area contributed by atoms with Crippen LogP contribution in [0.4, 0.5) is 0 Å². The Morgan fingerprint density at radius 1 is 1.20 bits per heavy atom. The second kappa shape index (κ2) is 7.99. The summed E-state index contributed by atoms with van der Waals surface area (Å²) >= 11 is 0. The van der Waals surface area contributed by atoms with E-state index in [1.807, 2.05) is 0 Å². The zero-order chi connectivity index (χ0) is 14.4. The highest BCUT2D eigenvalue weighted by molar-refractivity contribution is 5.81. The summed E-state index contributed by atoms with van der Waals surface area (Å²) in [6.45, 7) is 8.70. The largest absolute Gasteiger partial charge is 0.353 e. The summed E-state index contributed by atoms with van der Waals surface area (Å²) < 4.78 is 0. The molecule has 0 aromatic carbocycles. The summed E-state index contributed by atoms with van der Waals surface area (Å²) in [6, 6.07) is 0.524. The van der Waals surface area contributed by atoms with E-state index in [1.54, 1.807) is 0 Å². The van der Waals surface area contributed by atoms with Crippen molar-refractivity contribution in [2.75, 3.05) is 26.2 Å². The molecule has 2 N–H and O–H groups in total. The van der Waals surface area contributed by atoms with Gasteiger partial charge in [-0.25, -0.2) is 0 Å². The van der Waals surface area contributed by atoms with Gasteiger partial charge in [0.05, 0.1) is 6.04 Å². The number of likely N-dealkylation sites (tertiary alicyclic amines) is 1. The molecule has 4 heteroatoms. The molecule has 116 valence electrons. The summed E-state index contributed by atoms with van der Waals surface area (Å²) in [4.78, 5) is 14.8. The maximum absolute atomic E-state index is 12.3. The Kier molecular flexibility index (Phi) is 6.30. The molecule has 0 radical (unpaired) electrons. The second-order valence-corrected chi connectivity index (χ2v) is 6.66. The first-order chi connectivity index (χ1) is 9.68. The molecule has 2 aliphatic rings. The molecule has 1 amide bonds. The van der Waals surface area contributed by atoms with E-state index in [0.29, 0.717) is 12.0 Å². The van der Waals surface area contributed by atoms with Crippen LogP contribution in [-0.4, -0.2) is 49.1 Å². The number of hydrogen-bond acceptors (Lipinski definition) is 3. The topological polar surface area (TPSA) is 44.4 Å². The smallest absolute Gasteiger partial charge is 0.237 e. The average Bonchev–Trinajstić information content (AvgIpc) is 2.80. The van der Waals surface area contributed by atoms with E-state index in [0.717, 1.165) is 19.5 Å². The van der Waals surface area contributed by atoms with Crippen LogP contribution in [0.3, 0.4) is 0 Å². The van der Waals surface area contributed by atoms with Crippen LogP contribution in [0.5, 0.6) is 0 Å². The molecule has 0 aliphatic carbocycles. The molecule has 20 heavy (non-hydrogen) atoms. The van der Waals surface area contributed by atoms with Gasteiger partial charge >= 0.3 is 0 Å². The normalized spacial score (nSPS) is 26.4. The fourth-order valence-electron chi connectivity index (χ4n) is 3.44. The van der Waals surface area contributed by atoms with Crippen LogP contribution in [0, 0.1) is 5.92 Å². The maximum atomic E-state index is 12.3. The van der Waals surface area contributed by atoms with Crippen LogP contribution >= 0.6 is 0 Å². The number of rotatable bonds is 5. The second-order valence-electron chi connectivity index (χ2n) is 6.66. The summed E-state index contributed by atoms with van der Waals surface area (Å²) in [5, 5.41) is 6.57. The van der Waals surface area contributed by atoms with Crippen molar-refractivity contribution in [3.8, 4) is 0 Å². The van der Waals surface area contributed by atoms with Crippen molar-refractivity contribution >= 4 is 5.91 Å². The Labute approximate surface area is 123 Å². The van der Waals surface area contributed by atoms with Crippen LogP contribution in [0.15, 0.2) is 0 Å². The molecule has 2 heterocycles. The van der Waals surface area contributed by atoms with Crippen molar-refractivity contribution in [3.63, 3.8) is 0 Å². The van der Waals surface area contributed by atoms with Gasteiger partial charge in [-0.2, -0.15) is 0 Å². The van der Waals surface area contributed by atoms with E-state index in [-0.39, 0.29) is 11.9 Å². The molecule has 2 fully saturated rings. The van der Waals surface area contributed by atoms with Crippen LogP contribution in [-0.2, 0) is 4.79 Å². The standard InChI is InChI=1S/C16H31N3O/c1-13(2)15(19-10-6-7-11-19)12-18-16(20)14-8-4-3-5-9-17-14/h13-15,17H,3-12H2,1-2H3,(H,18,20). The zero-order valence-corrected chi connectivity index (χ0v) is 13.2. The third-order valence-corrected chi connectivity index (χ3v) is 4.74. The summed E-state index contributed by atoms with van der Waals surface area (Å²) in [7, 11) is 0. The van der Waals surface area contributed by atoms with Gasteiger partial charge in [-0.3, -0.25) is 9.69 Å². The fraction of sp³-hybridized carbons (Fsp3) is 0.938. The molecule has 0 bridgehead atoms. The molecular weight excluding hydrogens is 250 g/mol. The SMILES string of the molecule is CC(C)C(CNC(=O)C1CCCCCN1)N1CCCC1. The molecule has 0 aromatic heterocycles. The molecule has 2 aliphatic heterocycles. The highest BCUT2D eigenvalue weighted by Gasteiger charge is 2.26. The Morgan fingerprint density at radius 3 is 2.65 bits per heavy atom. The lowest BCUT2D eigenvalue weighted by molar-refractivity contribution is -0.123. The third kappa shape index (κ3) is 4.45. The van der Waals surface area contributed by atoms with Gasteiger partial charge in [-0.05, 0) is 51.2 Å². The van der Waals surface area contributed by atoms with Gasteiger partial charge in [0.1, 0.15) is 0 Å². The minimum absolute atomic E-state index is 0.0314. The lowest BCUT2D eigenvalue weighted by Gasteiger charge is -2.31. The predicted octanol–water partition coefficient (Wildman–Crippen LogP) is 1.76. The first-order valence-electron chi connectivity index (χ1n) is 8.43. The number of carbonyl (C=O) groups is 1. The summed E-state index contributed by atoms with van der Waals surface area (Å²) in [5.74, 6) is 0.798. The quantitative estimate of drug-likeness (QED) is 0.807. The van der Waals surface area contributed by atoms with Crippen LogP contribution in [0.1, 0.15) is 52.4 Å². The van der Waals surface area contributed by atoms with Gasteiger partial charge < -0.3 is 10.6 Å². The van der Waals surface area contributed by atoms with Crippen LogP contribution < -0.4 is 10.6 Å². The third-order valence-electron chi connectivity index (χ3n) is 4.74. The van der Waals surface area contributed by atoms with Gasteiger partial charge in [0, 0.05) is 12.6 Å². The summed E-state index contributed by atoms with van der Waals surface area (Å²) in [6.07, 6.45) is 7.22. The van der Waals surface area contributed by atoms with Crippen molar-refractivity contribution in [1.29, 1.82) is 0 Å². The van der Waals surface area contributed by atoms with Crippen LogP contribution in [0.2, 0.25) is 0 Å². The monoisotopic (exact) mass is 281 g/mol. The van der Waals surface area contributed by atoms with E-state index < -0.39 is 0 Å². The molecule has 0 aromatic rings.